The number of carbonyl (C=O) groups is 3. The highest BCUT2D eigenvalue weighted by molar-refractivity contribution is 7.89. The molecule has 2 aromatic carbocycles. The largest absolute Gasteiger partial charge is 0.480 e. The van der Waals surface area contributed by atoms with Crippen LogP contribution in [-0.4, -0.2) is 43.0 Å². The summed E-state index contributed by atoms with van der Waals surface area (Å²) in [5, 5.41) is 12.5. The molecule has 0 saturated heterocycles. The Bertz CT molecular complexity index is 1550. The molecule has 5 atom stereocenters. The fourth-order valence-electron chi connectivity index (χ4n) is 9.06. The topological polar surface area (TPSA) is 130 Å². The molecule has 0 spiro atoms. The van der Waals surface area contributed by atoms with Gasteiger partial charge in [0.1, 0.15) is 11.8 Å². The second-order valence-electron chi connectivity index (χ2n) is 14.4. The molecule has 8 nitrogen and oxygen atoms in total. The number of hydrogen-bond donors (Lipinski definition) is 3. The van der Waals surface area contributed by atoms with Crippen LogP contribution in [0.25, 0.3) is 11.1 Å². The highest BCUT2D eigenvalue weighted by Crippen LogP contribution is 2.85. The van der Waals surface area contributed by atoms with E-state index in [-0.39, 0.29) is 40.6 Å². The summed E-state index contributed by atoms with van der Waals surface area (Å²) in [4.78, 5) is 36.3. The highest BCUT2D eigenvalue weighted by Gasteiger charge is 2.84. The lowest BCUT2D eigenvalue weighted by molar-refractivity contribution is -0.264. The fraction of sp³-hybridized carbons (Fsp3) is 0.583. The van der Waals surface area contributed by atoms with Crippen molar-refractivity contribution >= 4 is 33.4 Å². The minimum absolute atomic E-state index is 0.00499. The van der Waals surface area contributed by atoms with Crippen molar-refractivity contribution in [3.05, 3.63) is 54.1 Å². The lowest BCUT2D eigenvalue weighted by atomic mass is 9.28. The molecule has 6 rings (SSSR count). The maximum Gasteiger partial charge on any atom is 0.322 e. The van der Waals surface area contributed by atoms with Crippen LogP contribution in [0.15, 0.2) is 48.5 Å². The van der Waals surface area contributed by atoms with Gasteiger partial charge in [-0.05, 0) is 70.8 Å². The number of benzene rings is 2. The Morgan fingerprint density at radius 1 is 1.02 bits per heavy atom. The van der Waals surface area contributed by atoms with E-state index in [9.17, 15) is 27.9 Å². The van der Waals surface area contributed by atoms with Crippen LogP contribution in [0, 0.1) is 28.1 Å². The van der Waals surface area contributed by atoms with Gasteiger partial charge in [0.15, 0.2) is 0 Å². The van der Waals surface area contributed by atoms with Gasteiger partial charge in [-0.3, -0.25) is 14.4 Å². The van der Waals surface area contributed by atoms with Crippen molar-refractivity contribution in [3.63, 3.8) is 0 Å². The average Bonchev–Trinajstić information content (AvgIpc) is 3.06. The van der Waals surface area contributed by atoms with Crippen LogP contribution in [-0.2, 0) is 30.8 Å². The Hall–Kier alpha value is -3.04. The molecule has 5 unspecified atom stereocenters. The third-order valence-corrected chi connectivity index (χ3v) is 13.2. The molecule has 0 heterocycles. The molecule has 4 aliphatic carbocycles. The maximum atomic E-state index is 13.2. The molecule has 4 fully saturated rings. The molecule has 2 aromatic rings. The fourth-order valence-corrected chi connectivity index (χ4v) is 11.0. The number of hydrogen-bond acceptors (Lipinski definition) is 5. The van der Waals surface area contributed by atoms with E-state index in [2.05, 4.69) is 23.9 Å². The molecular weight excluding hydrogens is 588 g/mol. The van der Waals surface area contributed by atoms with E-state index in [1.807, 2.05) is 37.3 Å². The van der Waals surface area contributed by atoms with Gasteiger partial charge < -0.3 is 10.4 Å². The summed E-state index contributed by atoms with van der Waals surface area (Å²) in [7, 11) is -4.02. The van der Waals surface area contributed by atoms with Gasteiger partial charge >= 0.3 is 5.97 Å². The molecule has 0 bridgehead atoms. The Morgan fingerprint density at radius 3 is 2.29 bits per heavy atom. The zero-order chi connectivity index (χ0) is 32.6. The van der Waals surface area contributed by atoms with Gasteiger partial charge in [-0.25, -0.2) is 13.1 Å². The zero-order valence-corrected chi connectivity index (χ0v) is 27.8. The van der Waals surface area contributed by atoms with Crippen LogP contribution in [0.5, 0.6) is 0 Å². The number of rotatable bonds is 10. The first-order valence-corrected chi connectivity index (χ1v) is 18.1. The van der Waals surface area contributed by atoms with Crippen LogP contribution in [0.3, 0.4) is 0 Å². The van der Waals surface area contributed by atoms with E-state index in [0.717, 1.165) is 23.5 Å². The van der Waals surface area contributed by atoms with Crippen molar-refractivity contribution in [1.82, 2.24) is 4.72 Å². The summed E-state index contributed by atoms with van der Waals surface area (Å²) >= 11 is 0. The Morgan fingerprint density at radius 2 is 1.71 bits per heavy atom. The molecular formula is C36H48N2O6S. The van der Waals surface area contributed by atoms with Crippen molar-refractivity contribution in [1.29, 1.82) is 0 Å². The summed E-state index contributed by atoms with van der Waals surface area (Å²) in [5.74, 6) is -0.471. The molecule has 9 heteroatoms. The van der Waals surface area contributed by atoms with Gasteiger partial charge in [-0.15, -0.1) is 0 Å². The number of carboxylic acids is 1. The zero-order valence-electron chi connectivity index (χ0n) is 27.0. The first-order valence-electron chi connectivity index (χ1n) is 16.4. The summed E-state index contributed by atoms with van der Waals surface area (Å²) < 4.78 is 28.7. The third-order valence-electron chi connectivity index (χ3n) is 11.7. The van der Waals surface area contributed by atoms with Crippen LogP contribution in [0.4, 0.5) is 5.69 Å². The predicted molar refractivity (Wildman–Crippen MR) is 176 cm³/mol. The van der Waals surface area contributed by atoms with Gasteiger partial charge in [0, 0.05) is 19.0 Å². The van der Waals surface area contributed by atoms with Crippen LogP contribution in [0.2, 0.25) is 0 Å². The van der Waals surface area contributed by atoms with Crippen molar-refractivity contribution in [3.8, 4) is 11.1 Å². The molecule has 0 aromatic heterocycles. The van der Waals surface area contributed by atoms with Crippen LogP contribution in [0.1, 0.15) is 91.0 Å². The Labute approximate surface area is 267 Å². The number of carbonyl (C=O) groups excluding carboxylic acids is 2. The number of aliphatic carboxylic acids is 1. The van der Waals surface area contributed by atoms with Gasteiger partial charge in [0.05, 0.1) is 11.2 Å². The minimum Gasteiger partial charge on any atom is -0.480 e. The molecule has 45 heavy (non-hydrogen) atoms. The third kappa shape index (κ3) is 6.35. The van der Waals surface area contributed by atoms with Gasteiger partial charge in [0.25, 0.3) is 0 Å². The summed E-state index contributed by atoms with van der Waals surface area (Å²) in [6.07, 6.45) is 10.8. The first kappa shape index (κ1) is 33.3. The molecule has 0 radical (unpaired) electrons. The minimum atomic E-state index is -4.02. The van der Waals surface area contributed by atoms with Crippen molar-refractivity contribution in [2.45, 2.75) is 97.9 Å². The summed E-state index contributed by atoms with van der Waals surface area (Å²) in [6.45, 7) is 7.91. The second-order valence-corrected chi connectivity index (χ2v) is 16.1. The number of anilines is 1. The quantitative estimate of drug-likeness (QED) is 0.270. The first-order chi connectivity index (χ1) is 21.2. The van der Waals surface area contributed by atoms with E-state index in [1.54, 1.807) is 18.2 Å². The number of ketones is 1. The van der Waals surface area contributed by atoms with E-state index in [4.69, 9.17) is 0 Å². The smallest absolute Gasteiger partial charge is 0.322 e. The molecule has 3 N–H and O–H groups in total. The van der Waals surface area contributed by atoms with E-state index >= 15 is 0 Å². The van der Waals surface area contributed by atoms with Gasteiger partial charge in [-0.1, -0.05) is 95.7 Å². The highest BCUT2D eigenvalue weighted by atomic mass is 32.2. The number of amides is 1. The van der Waals surface area contributed by atoms with Gasteiger partial charge in [-0.2, -0.15) is 0 Å². The van der Waals surface area contributed by atoms with E-state index in [1.165, 1.54) is 45.4 Å². The molecule has 0 aliphatic heterocycles. The van der Waals surface area contributed by atoms with E-state index in [0.29, 0.717) is 24.1 Å². The van der Waals surface area contributed by atoms with E-state index < -0.39 is 27.4 Å². The summed E-state index contributed by atoms with van der Waals surface area (Å²) in [6, 6.07) is 13.2. The molecule has 1 amide bonds. The predicted octanol–water partition coefficient (Wildman–Crippen LogP) is 6.60. The Kier molecular flexibility index (Phi) is 9.35. The Balaban J connectivity index is 0.000000436. The van der Waals surface area contributed by atoms with Crippen LogP contribution < -0.4 is 10.0 Å². The maximum absolute atomic E-state index is 13.2. The summed E-state index contributed by atoms with van der Waals surface area (Å²) in [5.41, 5.74) is 1.85. The van der Waals surface area contributed by atoms with Crippen molar-refractivity contribution in [2.75, 3.05) is 11.1 Å². The SMILES string of the molecule is CC(=O)Nc1cccc(-c2ccc(CC(NS(=O)(=O)CC34CC5(C)CC(CC3=O)C54C)C(=O)O)cc2)c1.CCC1CCCCC1. The number of carboxylic acid groups (broad SMARTS) is 1. The second kappa shape index (κ2) is 12.6. The van der Waals surface area contributed by atoms with Gasteiger partial charge in [0.2, 0.25) is 15.9 Å². The lowest BCUT2D eigenvalue weighted by Crippen LogP contribution is -2.73. The normalized spacial score (nSPS) is 29.3. The van der Waals surface area contributed by atoms with Crippen LogP contribution >= 0.6 is 0 Å². The standard InChI is InChI=1S/C28H32N2O6S.C8H16/c1-17(31)29-22-6-4-5-20(12-22)19-9-7-18(8-10-19)11-23(25(33)34)30-37(35,36)16-28-15-26(2)14-21(13-24(28)32)27(26,28)3;1-2-8-6-4-3-5-7-8/h4-10,12,21,23,30H,11,13-16H2,1-3H3,(H,29,31)(H,33,34);8H,2-7H2,1H3. The number of Topliss-reactive ketones (excluding diaryl/α,β-unsaturated/α-hetero) is 1. The average molecular weight is 637 g/mol. The van der Waals surface area contributed by atoms with Crippen molar-refractivity contribution < 1.29 is 27.9 Å². The van der Waals surface area contributed by atoms with Crippen molar-refractivity contribution in [2.24, 2.45) is 28.1 Å². The number of nitrogens with one attached hydrogen (secondary N) is 2. The molecule has 4 aliphatic rings. The lowest BCUT2D eigenvalue weighted by Gasteiger charge is -2.75. The number of sulfonamides is 1. The molecule has 244 valence electrons. The monoisotopic (exact) mass is 636 g/mol. The molecule has 4 saturated carbocycles.